The Balaban J connectivity index is 2.51. The van der Waals surface area contributed by atoms with Gasteiger partial charge in [0.05, 0.1) is 12.6 Å². The Morgan fingerprint density at radius 3 is 2.67 bits per heavy atom. The molecule has 0 fully saturated rings. The van der Waals surface area contributed by atoms with Crippen LogP contribution in [0.3, 0.4) is 0 Å². The van der Waals surface area contributed by atoms with Crippen molar-refractivity contribution in [2.45, 2.75) is 18.9 Å². The summed E-state index contributed by atoms with van der Waals surface area (Å²) in [6.45, 7) is -0.115. The average Bonchev–Trinajstić information content (AvgIpc) is 2.37. The van der Waals surface area contributed by atoms with Crippen LogP contribution in [0.2, 0.25) is 5.02 Å². The highest BCUT2D eigenvalue weighted by molar-refractivity contribution is 7.98. The molecule has 0 bridgehead atoms. The van der Waals surface area contributed by atoms with Crippen LogP contribution >= 0.6 is 23.4 Å². The van der Waals surface area contributed by atoms with Crippen molar-refractivity contribution >= 4 is 29.3 Å². The number of carbonyl (C=O) groups excluding carboxylic acids is 1. The van der Waals surface area contributed by atoms with Gasteiger partial charge < -0.3 is 10.4 Å². The number of aliphatic hydroxyl groups excluding tert-OH is 1. The van der Waals surface area contributed by atoms with Crippen molar-refractivity contribution in [3.8, 4) is 0 Å². The Kier molecular flexibility index (Phi) is 7.16. The van der Waals surface area contributed by atoms with E-state index in [0.717, 1.165) is 17.7 Å². The highest BCUT2D eigenvalue weighted by Gasteiger charge is 2.13. The minimum Gasteiger partial charge on any atom is -0.394 e. The van der Waals surface area contributed by atoms with E-state index in [2.05, 4.69) is 5.32 Å². The first kappa shape index (κ1) is 15.3. The van der Waals surface area contributed by atoms with Crippen LogP contribution in [0.25, 0.3) is 0 Å². The van der Waals surface area contributed by atoms with Gasteiger partial charge in [-0.1, -0.05) is 23.7 Å². The summed E-state index contributed by atoms with van der Waals surface area (Å²) in [4.78, 5) is 11.7. The van der Waals surface area contributed by atoms with Crippen molar-refractivity contribution < 1.29 is 9.90 Å². The molecule has 18 heavy (non-hydrogen) atoms. The van der Waals surface area contributed by atoms with Crippen LogP contribution in [-0.4, -0.2) is 29.6 Å². The normalized spacial score (nSPS) is 12.2. The Hall–Kier alpha value is -0.710. The van der Waals surface area contributed by atoms with Crippen molar-refractivity contribution in [1.82, 2.24) is 5.32 Å². The number of amides is 1. The third-order valence-corrected chi connectivity index (χ3v) is 3.49. The molecule has 0 saturated carbocycles. The molecule has 0 saturated heterocycles. The zero-order valence-corrected chi connectivity index (χ0v) is 11.9. The second-order valence-electron chi connectivity index (χ2n) is 3.95. The molecule has 2 N–H and O–H groups in total. The fourth-order valence-electron chi connectivity index (χ4n) is 1.57. The number of carbonyl (C=O) groups is 1. The molecule has 0 heterocycles. The number of hydrogen-bond donors (Lipinski definition) is 2. The fourth-order valence-corrected chi connectivity index (χ4v) is 2.13. The number of benzene rings is 1. The molecule has 1 rings (SSSR count). The summed E-state index contributed by atoms with van der Waals surface area (Å²) in [7, 11) is 0. The van der Waals surface area contributed by atoms with Gasteiger partial charge in [0.15, 0.2) is 0 Å². The second kappa shape index (κ2) is 8.40. The lowest BCUT2D eigenvalue weighted by Gasteiger charge is -2.16. The molecule has 0 aliphatic rings. The van der Waals surface area contributed by atoms with Gasteiger partial charge in [-0.05, 0) is 36.1 Å². The molecule has 5 heteroatoms. The maximum Gasteiger partial charge on any atom is 0.220 e. The maximum atomic E-state index is 11.7. The fraction of sp³-hybridized carbons (Fsp3) is 0.462. The summed E-state index contributed by atoms with van der Waals surface area (Å²) >= 11 is 7.52. The van der Waals surface area contributed by atoms with Crippen LogP contribution in [0, 0.1) is 0 Å². The molecule has 3 nitrogen and oxygen atoms in total. The van der Waals surface area contributed by atoms with E-state index in [1.807, 2.05) is 18.4 Å². The van der Waals surface area contributed by atoms with Crippen LogP contribution in [-0.2, 0) is 4.79 Å². The third kappa shape index (κ3) is 5.29. The molecule has 1 amide bonds. The van der Waals surface area contributed by atoms with Crippen molar-refractivity contribution in [2.24, 2.45) is 0 Å². The summed E-state index contributed by atoms with van der Waals surface area (Å²) in [5.74, 6) is 0.941. The summed E-state index contributed by atoms with van der Waals surface area (Å²) in [5.41, 5.74) is 0.861. The largest absolute Gasteiger partial charge is 0.394 e. The number of aliphatic hydroxyl groups is 1. The quantitative estimate of drug-likeness (QED) is 0.758. The van der Waals surface area contributed by atoms with Crippen molar-refractivity contribution in [2.75, 3.05) is 18.6 Å². The molecule has 0 spiro atoms. The van der Waals surface area contributed by atoms with Gasteiger partial charge in [-0.3, -0.25) is 4.79 Å². The number of thioether (sulfide) groups is 1. The van der Waals surface area contributed by atoms with E-state index in [-0.39, 0.29) is 18.6 Å². The van der Waals surface area contributed by atoms with Gasteiger partial charge in [0.2, 0.25) is 5.91 Å². The molecule has 0 radical (unpaired) electrons. The molecular formula is C13H18ClNO2S. The predicted molar refractivity (Wildman–Crippen MR) is 77.0 cm³/mol. The summed E-state index contributed by atoms with van der Waals surface area (Å²) < 4.78 is 0. The zero-order chi connectivity index (χ0) is 13.4. The van der Waals surface area contributed by atoms with E-state index in [0.29, 0.717) is 11.4 Å². The zero-order valence-electron chi connectivity index (χ0n) is 10.4. The lowest BCUT2D eigenvalue weighted by atomic mass is 10.1. The van der Waals surface area contributed by atoms with Crippen LogP contribution in [0.15, 0.2) is 24.3 Å². The first-order valence-electron chi connectivity index (χ1n) is 5.82. The summed E-state index contributed by atoms with van der Waals surface area (Å²) in [6, 6.07) is 6.76. The molecule has 0 aromatic heterocycles. The number of halogens is 1. The summed E-state index contributed by atoms with van der Waals surface area (Å²) in [5, 5.41) is 12.8. The van der Waals surface area contributed by atoms with Crippen molar-refractivity contribution in [3.63, 3.8) is 0 Å². The Labute approximate surface area is 117 Å². The Bertz CT molecular complexity index is 370. The van der Waals surface area contributed by atoms with Gasteiger partial charge >= 0.3 is 0 Å². The smallest absolute Gasteiger partial charge is 0.220 e. The predicted octanol–water partition coefficient (Wildman–Crippen LogP) is 2.63. The van der Waals surface area contributed by atoms with E-state index < -0.39 is 0 Å². The molecule has 100 valence electrons. The maximum absolute atomic E-state index is 11.7. The van der Waals surface area contributed by atoms with Gasteiger partial charge in [-0.15, -0.1) is 0 Å². The molecule has 1 atom stereocenters. The first-order valence-corrected chi connectivity index (χ1v) is 7.59. The third-order valence-electron chi connectivity index (χ3n) is 2.54. The van der Waals surface area contributed by atoms with Crippen LogP contribution in [0.5, 0.6) is 0 Å². The number of rotatable bonds is 7. The minimum atomic E-state index is -0.357. The molecule has 0 aliphatic heterocycles. The van der Waals surface area contributed by atoms with Gasteiger partial charge in [0.1, 0.15) is 0 Å². The number of hydrogen-bond acceptors (Lipinski definition) is 3. The summed E-state index contributed by atoms with van der Waals surface area (Å²) in [6.07, 6.45) is 3.36. The Morgan fingerprint density at radius 1 is 1.44 bits per heavy atom. The number of nitrogens with one attached hydrogen (secondary N) is 1. The monoisotopic (exact) mass is 287 g/mol. The first-order chi connectivity index (χ1) is 8.67. The van der Waals surface area contributed by atoms with E-state index in [9.17, 15) is 9.90 Å². The second-order valence-corrected chi connectivity index (χ2v) is 5.37. The van der Waals surface area contributed by atoms with Crippen molar-refractivity contribution in [1.29, 1.82) is 0 Å². The molecule has 1 aromatic rings. The van der Waals surface area contributed by atoms with E-state index >= 15 is 0 Å². The highest BCUT2D eigenvalue weighted by atomic mass is 35.5. The van der Waals surface area contributed by atoms with Crippen LogP contribution < -0.4 is 5.32 Å². The molecule has 0 aliphatic carbocycles. The van der Waals surface area contributed by atoms with Crippen LogP contribution in [0.4, 0.5) is 0 Å². The van der Waals surface area contributed by atoms with Gasteiger partial charge in [-0.2, -0.15) is 11.8 Å². The molecule has 1 unspecified atom stereocenters. The molecule has 1 aromatic carbocycles. The van der Waals surface area contributed by atoms with E-state index in [4.69, 9.17) is 11.6 Å². The van der Waals surface area contributed by atoms with Gasteiger partial charge in [0, 0.05) is 11.4 Å². The van der Waals surface area contributed by atoms with E-state index in [1.165, 1.54) is 0 Å². The molecular weight excluding hydrogens is 270 g/mol. The average molecular weight is 288 g/mol. The van der Waals surface area contributed by atoms with Crippen LogP contribution in [0.1, 0.15) is 24.4 Å². The Morgan fingerprint density at radius 2 is 2.11 bits per heavy atom. The minimum absolute atomic E-state index is 0.0296. The SMILES string of the molecule is CSCCCC(=O)NC(CO)c1ccc(Cl)cc1. The van der Waals surface area contributed by atoms with Gasteiger partial charge in [-0.25, -0.2) is 0 Å². The van der Waals surface area contributed by atoms with Gasteiger partial charge in [0.25, 0.3) is 0 Å². The van der Waals surface area contributed by atoms with E-state index in [1.54, 1.807) is 23.9 Å². The topological polar surface area (TPSA) is 49.3 Å². The standard InChI is InChI=1S/C13H18ClNO2S/c1-18-8-2-3-13(17)15-12(9-16)10-4-6-11(14)7-5-10/h4-7,12,16H,2-3,8-9H2,1H3,(H,15,17). The highest BCUT2D eigenvalue weighted by Crippen LogP contribution is 2.16. The lowest BCUT2D eigenvalue weighted by Crippen LogP contribution is -2.30. The van der Waals surface area contributed by atoms with Crippen molar-refractivity contribution in [3.05, 3.63) is 34.9 Å². The lowest BCUT2D eigenvalue weighted by molar-refractivity contribution is -0.122.